The summed E-state index contributed by atoms with van der Waals surface area (Å²) in [5.41, 5.74) is 0. The standard InChI is InChI=1S/C12H16ClN3S/c1-4-9-5-10-11(16(3)6-8(2)13)14-7-15-12(10)17-9/h5,7-8H,4,6H2,1-3H3. The zero-order valence-electron chi connectivity index (χ0n) is 10.3. The summed E-state index contributed by atoms with van der Waals surface area (Å²) < 4.78 is 0. The van der Waals surface area contributed by atoms with E-state index in [1.165, 1.54) is 4.88 Å². The Morgan fingerprint density at radius 1 is 1.47 bits per heavy atom. The zero-order valence-corrected chi connectivity index (χ0v) is 11.8. The van der Waals surface area contributed by atoms with E-state index in [0.717, 1.165) is 29.0 Å². The third kappa shape index (κ3) is 2.69. The Morgan fingerprint density at radius 3 is 2.88 bits per heavy atom. The number of aromatic nitrogens is 2. The molecule has 0 radical (unpaired) electrons. The first kappa shape index (κ1) is 12.6. The summed E-state index contributed by atoms with van der Waals surface area (Å²) in [6.45, 7) is 4.93. The van der Waals surface area contributed by atoms with Gasteiger partial charge in [-0.2, -0.15) is 0 Å². The monoisotopic (exact) mass is 269 g/mol. The summed E-state index contributed by atoms with van der Waals surface area (Å²) >= 11 is 7.76. The van der Waals surface area contributed by atoms with Crippen LogP contribution in [0.5, 0.6) is 0 Å². The minimum atomic E-state index is 0.106. The maximum atomic E-state index is 6.02. The molecule has 0 saturated heterocycles. The van der Waals surface area contributed by atoms with Crippen molar-refractivity contribution in [2.75, 3.05) is 18.5 Å². The van der Waals surface area contributed by atoms with Gasteiger partial charge in [-0.1, -0.05) is 6.92 Å². The van der Waals surface area contributed by atoms with Crippen LogP contribution in [0.15, 0.2) is 12.4 Å². The van der Waals surface area contributed by atoms with Gasteiger partial charge in [0.15, 0.2) is 0 Å². The van der Waals surface area contributed by atoms with Crippen LogP contribution in [0.4, 0.5) is 5.82 Å². The number of anilines is 1. The zero-order chi connectivity index (χ0) is 12.4. The molecule has 0 spiro atoms. The van der Waals surface area contributed by atoms with Crippen LogP contribution in [0.2, 0.25) is 0 Å². The maximum absolute atomic E-state index is 6.02. The third-order valence-corrected chi connectivity index (χ3v) is 3.92. The highest BCUT2D eigenvalue weighted by molar-refractivity contribution is 7.18. The van der Waals surface area contributed by atoms with Gasteiger partial charge in [0.2, 0.25) is 0 Å². The van der Waals surface area contributed by atoms with Gasteiger partial charge < -0.3 is 4.90 Å². The molecule has 17 heavy (non-hydrogen) atoms. The van der Waals surface area contributed by atoms with E-state index in [1.54, 1.807) is 17.7 Å². The smallest absolute Gasteiger partial charge is 0.140 e. The Bertz CT molecular complexity index is 509. The highest BCUT2D eigenvalue weighted by atomic mass is 35.5. The molecule has 5 heteroatoms. The number of nitrogens with zero attached hydrogens (tertiary/aromatic N) is 3. The summed E-state index contributed by atoms with van der Waals surface area (Å²) in [5, 5.41) is 1.24. The van der Waals surface area contributed by atoms with Crippen LogP contribution < -0.4 is 4.90 Å². The minimum Gasteiger partial charge on any atom is -0.358 e. The quantitative estimate of drug-likeness (QED) is 0.798. The van der Waals surface area contributed by atoms with Crippen molar-refractivity contribution >= 4 is 39.0 Å². The molecule has 2 heterocycles. The molecule has 0 amide bonds. The molecule has 0 bridgehead atoms. The van der Waals surface area contributed by atoms with E-state index in [-0.39, 0.29) is 5.38 Å². The summed E-state index contributed by atoms with van der Waals surface area (Å²) in [5.74, 6) is 0.971. The topological polar surface area (TPSA) is 29.0 Å². The van der Waals surface area contributed by atoms with Crippen LogP contribution in [0.3, 0.4) is 0 Å². The summed E-state index contributed by atoms with van der Waals surface area (Å²) in [6, 6.07) is 2.19. The predicted octanol–water partition coefficient (Wildman–Crippen LogP) is 3.32. The Balaban J connectivity index is 2.42. The molecule has 2 rings (SSSR count). The average molecular weight is 270 g/mol. The first-order chi connectivity index (χ1) is 8.11. The highest BCUT2D eigenvalue weighted by Crippen LogP contribution is 2.30. The van der Waals surface area contributed by atoms with E-state index in [0.29, 0.717) is 0 Å². The minimum absolute atomic E-state index is 0.106. The Morgan fingerprint density at radius 2 is 2.24 bits per heavy atom. The Kier molecular flexibility index (Phi) is 3.84. The lowest BCUT2D eigenvalue weighted by atomic mass is 10.3. The van der Waals surface area contributed by atoms with Crippen molar-refractivity contribution in [1.82, 2.24) is 9.97 Å². The van der Waals surface area contributed by atoms with Crippen molar-refractivity contribution in [3.63, 3.8) is 0 Å². The third-order valence-electron chi connectivity index (χ3n) is 2.59. The van der Waals surface area contributed by atoms with Gasteiger partial charge in [-0.25, -0.2) is 9.97 Å². The molecule has 0 aliphatic carbocycles. The number of fused-ring (bicyclic) bond motifs is 1. The molecule has 3 nitrogen and oxygen atoms in total. The van der Waals surface area contributed by atoms with E-state index in [9.17, 15) is 0 Å². The molecule has 2 aromatic heterocycles. The highest BCUT2D eigenvalue weighted by Gasteiger charge is 2.12. The fourth-order valence-corrected chi connectivity index (χ4v) is 2.97. The van der Waals surface area contributed by atoms with Gasteiger partial charge in [-0.15, -0.1) is 22.9 Å². The molecule has 1 atom stereocenters. The van der Waals surface area contributed by atoms with Crippen LogP contribution >= 0.6 is 22.9 Å². The van der Waals surface area contributed by atoms with Crippen molar-refractivity contribution in [3.8, 4) is 0 Å². The SMILES string of the molecule is CCc1cc2c(N(C)CC(C)Cl)ncnc2s1. The van der Waals surface area contributed by atoms with Crippen LogP contribution in [0, 0.1) is 0 Å². The molecule has 1 unspecified atom stereocenters. The lowest BCUT2D eigenvalue weighted by molar-refractivity contribution is 0.846. The Labute approximate surface area is 110 Å². The number of aryl methyl sites for hydroxylation is 1. The second-order valence-electron chi connectivity index (χ2n) is 4.14. The van der Waals surface area contributed by atoms with Gasteiger partial charge in [0.05, 0.1) is 5.39 Å². The lowest BCUT2D eigenvalue weighted by Crippen LogP contribution is -2.25. The first-order valence-corrected chi connectivity index (χ1v) is 6.95. The number of hydrogen-bond donors (Lipinski definition) is 0. The molecule has 0 saturated carbocycles. The molecule has 0 aliphatic heterocycles. The summed E-state index contributed by atoms with van der Waals surface area (Å²) in [7, 11) is 2.02. The normalized spacial score (nSPS) is 12.9. The van der Waals surface area contributed by atoms with Crippen LogP contribution in [0.1, 0.15) is 18.7 Å². The lowest BCUT2D eigenvalue weighted by Gasteiger charge is -2.19. The van der Waals surface area contributed by atoms with Gasteiger partial charge in [-0.3, -0.25) is 0 Å². The Hall–Kier alpha value is -0.870. The first-order valence-electron chi connectivity index (χ1n) is 5.70. The van der Waals surface area contributed by atoms with Crippen molar-refractivity contribution < 1.29 is 0 Å². The van der Waals surface area contributed by atoms with E-state index in [1.807, 2.05) is 14.0 Å². The molecule has 92 valence electrons. The van der Waals surface area contributed by atoms with E-state index in [2.05, 4.69) is 27.9 Å². The molecule has 0 aliphatic rings. The fraction of sp³-hybridized carbons (Fsp3) is 0.500. The number of thiophene rings is 1. The second-order valence-corrected chi connectivity index (χ2v) is 6.00. The average Bonchev–Trinajstić information content (AvgIpc) is 2.70. The van der Waals surface area contributed by atoms with E-state index >= 15 is 0 Å². The summed E-state index contributed by atoms with van der Waals surface area (Å²) in [6.07, 6.45) is 2.67. The van der Waals surface area contributed by atoms with Crippen molar-refractivity contribution in [2.24, 2.45) is 0 Å². The van der Waals surface area contributed by atoms with Crippen LogP contribution in [-0.4, -0.2) is 28.9 Å². The maximum Gasteiger partial charge on any atom is 0.140 e. The van der Waals surface area contributed by atoms with Crippen LogP contribution in [0.25, 0.3) is 10.2 Å². The van der Waals surface area contributed by atoms with Gasteiger partial charge in [-0.05, 0) is 19.4 Å². The van der Waals surface area contributed by atoms with E-state index < -0.39 is 0 Å². The molecule has 0 N–H and O–H groups in total. The van der Waals surface area contributed by atoms with Crippen molar-refractivity contribution in [1.29, 1.82) is 0 Å². The molecular formula is C12H16ClN3S. The molecule has 0 fully saturated rings. The molecule has 2 aromatic rings. The largest absolute Gasteiger partial charge is 0.358 e. The predicted molar refractivity (Wildman–Crippen MR) is 75.4 cm³/mol. The second kappa shape index (κ2) is 5.19. The van der Waals surface area contributed by atoms with Gasteiger partial charge in [0, 0.05) is 23.8 Å². The van der Waals surface area contributed by atoms with Gasteiger partial charge >= 0.3 is 0 Å². The number of hydrogen-bond acceptors (Lipinski definition) is 4. The van der Waals surface area contributed by atoms with Crippen LogP contribution in [-0.2, 0) is 6.42 Å². The molecule has 0 aromatic carbocycles. The fourth-order valence-electron chi connectivity index (χ4n) is 1.84. The summed E-state index contributed by atoms with van der Waals surface area (Å²) in [4.78, 5) is 13.2. The number of rotatable bonds is 4. The van der Waals surface area contributed by atoms with Gasteiger partial charge in [0.25, 0.3) is 0 Å². The van der Waals surface area contributed by atoms with Crippen molar-refractivity contribution in [2.45, 2.75) is 25.6 Å². The van der Waals surface area contributed by atoms with Crippen molar-refractivity contribution in [3.05, 3.63) is 17.3 Å². The molecular weight excluding hydrogens is 254 g/mol. The van der Waals surface area contributed by atoms with E-state index in [4.69, 9.17) is 11.6 Å². The van der Waals surface area contributed by atoms with Gasteiger partial charge in [0.1, 0.15) is 17.0 Å². The number of halogens is 1. The number of alkyl halides is 1.